The summed E-state index contributed by atoms with van der Waals surface area (Å²) in [4.78, 5) is 26.6. The van der Waals surface area contributed by atoms with Gasteiger partial charge in [-0.25, -0.2) is 8.78 Å². The minimum absolute atomic E-state index is 0.0981. The Kier molecular flexibility index (Phi) is 6.18. The molecule has 176 valence electrons. The summed E-state index contributed by atoms with van der Waals surface area (Å²) in [5, 5.41) is 2.47. The lowest BCUT2D eigenvalue weighted by molar-refractivity contribution is -0.166. The van der Waals surface area contributed by atoms with Crippen molar-refractivity contribution in [2.24, 2.45) is 0 Å². The van der Waals surface area contributed by atoms with E-state index in [2.05, 4.69) is 5.32 Å². The smallest absolute Gasteiger partial charge is 0.352 e. The molecule has 2 aromatic rings. The second kappa shape index (κ2) is 8.78. The molecule has 2 aliphatic rings. The zero-order chi connectivity index (χ0) is 23.9. The number of benzene rings is 2. The molecule has 0 aliphatic carbocycles. The Morgan fingerprint density at radius 3 is 2.27 bits per heavy atom. The minimum Gasteiger partial charge on any atom is -0.381 e. The van der Waals surface area contributed by atoms with Crippen molar-refractivity contribution in [1.29, 1.82) is 0 Å². The first-order valence-electron chi connectivity index (χ1n) is 10.7. The lowest BCUT2D eigenvalue weighted by Crippen LogP contribution is -2.53. The number of aryl methyl sites for hydroxylation is 1. The summed E-state index contributed by atoms with van der Waals surface area (Å²) >= 11 is 0. The predicted octanol–water partition coefficient (Wildman–Crippen LogP) is 4.79. The maximum absolute atomic E-state index is 15.3. The molecule has 0 radical (unpaired) electrons. The number of fused-ring (bicyclic) bond motifs is 2. The van der Waals surface area contributed by atoms with E-state index < -0.39 is 34.9 Å². The zero-order valence-electron chi connectivity index (χ0n) is 18.2. The molecule has 0 spiro atoms. The summed E-state index contributed by atoms with van der Waals surface area (Å²) in [5.74, 6) is -8.13. The number of carbonyl (C=O) groups is 2. The first kappa shape index (κ1) is 23.2. The fourth-order valence-corrected chi connectivity index (χ4v) is 4.76. The van der Waals surface area contributed by atoms with E-state index in [1.807, 2.05) is 0 Å². The van der Waals surface area contributed by atoms with Crippen LogP contribution in [-0.2, 0) is 15.5 Å². The highest BCUT2D eigenvalue weighted by atomic mass is 19.3. The molecule has 2 aliphatic heterocycles. The van der Waals surface area contributed by atoms with E-state index in [1.54, 1.807) is 7.11 Å². The van der Waals surface area contributed by atoms with Gasteiger partial charge in [-0.05, 0) is 74.6 Å². The summed E-state index contributed by atoms with van der Waals surface area (Å²) in [5.41, 5.74) is -0.854. The summed E-state index contributed by atoms with van der Waals surface area (Å²) < 4.78 is 63.8. The highest BCUT2D eigenvalue weighted by molar-refractivity contribution is 6.04. The maximum atomic E-state index is 15.3. The van der Waals surface area contributed by atoms with Gasteiger partial charge in [0.15, 0.2) is 0 Å². The average Bonchev–Trinajstić information content (AvgIpc) is 3.04. The lowest BCUT2D eigenvalue weighted by Gasteiger charge is -2.40. The van der Waals surface area contributed by atoms with Crippen molar-refractivity contribution < 1.29 is 31.9 Å². The molecule has 5 nitrogen and oxygen atoms in total. The van der Waals surface area contributed by atoms with Crippen LogP contribution in [0.1, 0.15) is 47.2 Å². The van der Waals surface area contributed by atoms with Crippen molar-refractivity contribution in [3.63, 3.8) is 0 Å². The number of rotatable bonds is 5. The SMILES string of the molecule is COC1CC2CCC(C1)N2C(=O)C(F)(F)c1cc(C(=O)Nc2ccc(F)c(C)c2)ccc1F. The van der Waals surface area contributed by atoms with Crippen molar-refractivity contribution in [2.75, 3.05) is 12.4 Å². The number of carbonyl (C=O) groups excluding carboxylic acids is 2. The molecular weight excluding hydrogens is 440 g/mol. The number of nitrogens with one attached hydrogen (secondary N) is 1. The molecule has 2 bridgehead atoms. The number of alkyl halides is 2. The third-order valence-corrected chi connectivity index (χ3v) is 6.51. The van der Waals surface area contributed by atoms with Crippen LogP contribution in [0.2, 0.25) is 0 Å². The molecule has 0 saturated carbocycles. The largest absolute Gasteiger partial charge is 0.381 e. The van der Waals surface area contributed by atoms with Crippen LogP contribution in [-0.4, -0.2) is 42.0 Å². The van der Waals surface area contributed by atoms with Crippen LogP contribution < -0.4 is 5.32 Å². The van der Waals surface area contributed by atoms with E-state index in [9.17, 15) is 18.4 Å². The number of ether oxygens (including phenoxy) is 1. The molecular formula is C24H24F4N2O3. The molecule has 2 aromatic carbocycles. The summed E-state index contributed by atoms with van der Waals surface area (Å²) in [6, 6.07) is 5.59. The van der Waals surface area contributed by atoms with Gasteiger partial charge in [-0.3, -0.25) is 9.59 Å². The van der Waals surface area contributed by atoms with Crippen LogP contribution in [0.25, 0.3) is 0 Å². The number of nitrogens with zero attached hydrogens (tertiary/aromatic N) is 1. The van der Waals surface area contributed by atoms with Crippen LogP contribution in [0.5, 0.6) is 0 Å². The minimum atomic E-state index is -4.15. The van der Waals surface area contributed by atoms with Gasteiger partial charge in [0, 0.05) is 30.4 Å². The van der Waals surface area contributed by atoms with E-state index in [0.29, 0.717) is 31.7 Å². The molecule has 9 heteroatoms. The first-order chi connectivity index (χ1) is 15.6. The molecule has 0 aromatic heterocycles. The Morgan fingerprint density at radius 2 is 1.67 bits per heavy atom. The second-order valence-electron chi connectivity index (χ2n) is 8.61. The molecule has 33 heavy (non-hydrogen) atoms. The molecule has 1 N–H and O–H groups in total. The molecule has 2 fully saturated rings. The molecule has 2 unspecified atom stereocenters. The monoisotopic (exact) mass is 464 g/mol. The molecule has 2 heterocycles. The highest BCUT2D eigenvalue weighted by Crippen LogP contribution is 2.42. The van der Waals surface area contributed by atoms with Gasteiger partial charge < -0.3 is 15.0 Å². The molecule has 2 amide bonds. The van der Waals surface area contributed by atoms with Gasteiger partial charge in [0.05, 0.1) is 11.7 Å². The fraction of sp³-hybridized carbons (Fsp3) is 0.417. The van der Waals surface area contributed by atoms with E-state index in [-0.39, 0.29) is 35.0 Å². The Balaban J connectivity index is 1.58. The summed E-state index contributed by atoms with van der Waals surface area (Å²) in [6.45, 7) is 1.51. The third-order valence-electron chi connectivity index (χ3n) is 6.51. The average molecular weight is 464 g/mol. The molecule has 4 rings (SSSR count). The number of hydrogen-bond donors (Lipinski definition) is 1. The number of hydrogen-bond acceptors (Lipinski definition) is 3. The predicted molar refractivity (Wildman–Crippen MR) is 113 cm³/mol. The van der Waals surface area contributed by atoms with Gasteiger partial charge in [0.1, 0.15) is 11.6 Å². The van der Waals surface area contributed by atoms with Gasteiger partial charge in [-0.2, -0.15) is 8.78 Å². The van der Waals surface area contributed by atoms with Crippen molar-refractivity contribution in [3.8, 4) is 0 Å². The Hall–Kier alpha value is -2.94. The van der Waals surface area contributed by atoms with Crippen LogP contribution in [0.3, 0.4) is 0 Å². The van der Waals surface area contributed by atoms with E-state index in [1.165, 1.54) is 24.0 Å². The normalized spacial score (nSPS) is 22.4. The summed E-state index contributed by atoms with van der Waals surface area (Å²) in [6.07, 6.45) is 2.00. The zero-order valence-corrected chi connectivity index (χ0v) is 18.2. The van der Waals surface area contributed by atoms with Crippen molar-refractivity contribution in [3.05, 3.63) is 64.7 Å². The molecule has 2 atom stereocenters. The van der Waals surface area contributed by atoms with Crippen LogP contribution in [0.15, 0.2) is 36.4 Å². The fourth-order valence-electron chi connectivity index (χ4n) is 4.76. The van der Waals surface area contributed by atoms with Crippen molar-refractivity contribution in [1.82, 2.24) is 4.90 Å². The lowest BCUT2D eigenvalue weighted by atomic mass is 9.96. The topological polar surface area (TPSA) is 58.6 Å². The number of amides is 2. The van der Waals surface area contributed by atoms with Crippen LogP contribution >= 0.6 is 0 Å². The Morgan fingerprint density at radius 1 is 1.03 bits per heavy atom. The molecule has 2 saturated heterocycles. The van der Waals surface area contributed by atoms with Gasteiger partial charge in [0.2, 0.25) is 0 Å². The van der Waals surface area contributed by atoms with E-state index in [0.717, 1.165) is 18.2 Å². The van der Waals surface area contributed by atoms with Gasteiger partial charge in [0.25, 0.3) is 11.8 Å². The Bertz CT molecular complexity index is 1080. The van der Waals surface area contributed by atoms with Gasteiger partial charge >= 0.3 is 5.92 Å². The number of anilines is 1. The standard InChI is InChI=1S/C24H24F4N2O3/c1-13-9-15(4-8-20(13)25)29-22(31)14-3-7-21(26)19(10-14)24(27,28)23(32)30-16-5-6-17(30)12-18(11-16)33-2/h3-4,7-10,16-18H,5-6,11-12H2,1-2H3,(H,29,31). The van der Waals surface area contributed by atoms with Gasteiger partial charge in [-0.15, -0.1) is 0 Å². The summed E-state index contributed by atoms with van der Waals surface area (Å²) in [7, 11) is 1.55. The third kappa shape index (κ3) is 4.34. The number of piperidine rings is 1. The second-order valence-corrected chi connectivity index (χ2v) is 8.61. The van der Waals surface area contributed by atoms with Crippen LogP contribution in [0, 0.1) is 18.6 Å². The van der Waals surface area contributed by atoms with Crippen molar-refractivity contribution >= 4 is 17.5 Å². The number of methoxy groups -OCH3 is 1. The van der Waals surface area contributed by atoms with E-state index in [4.69, 9.17) is 4.74 Å². The van der Waals surface area contributed by atoms with Crippen molar-refractivity contribution in [2.45, 2.75) is 56.7 Å². The Labute approximate surface area is 188 Å². The maximum Gasteiger partial charge on any atom is 0.352 e. The van der Waals surface area contributed by atoms with Gasteiger partial charge in [-0.1, -0.05) is 0 Å². The van der Waals surface area contributed by atoms with Crippen LogP contribution in [0.4, 0.5) is 23.2 Å². The van der Waals surface area contributed by atoms with E-state index >= 15 is 8.78 Å². The number of halogens is 4. The first-order valence-corrected chi connectivity index (χ1v) is 10.7. The quantitative estimate of drug-likeness (QED) is 0.648. The highest BCUT2D eigenvalue weighted by Gasteiger charge is 2.53.